The van der Waals surface area contributed by atoms with Crippen molar-refractivity contribution in [3.05, 3.63) is 46.5 Å². The number of rotatable bonds is 6. The van der Waals surface area contributed by atoms with Gasteiger partial charge in [0, 0.05) is 19.0 Å². The van der Waals surface area contributed by atoms with Gasteiger partial charge in [-0.15, -0.1) is 0 Å². The topological polar surface area (TPSA) is 56.6 Å². The second-order valence-corrected chi connectivity index (χ2v) is 9.68. The number of hydrogen-bond acceptors (Lipinski definition) is 4. The molecule has 2 aromatic rings. The summed E-state index contributed by atoms with van der Waals surface area (Å²) in [4.78, 5) is 19.4. The van der Waals surface area contributed by atoms with Gasteiger partial charge in [-0.1, -0.05) is 23.7 Å². The van der Waals surface area contributed by atoms with E-state index in [1.807, 2.05) is 20.8 Å². The molecule has 1 aliphatic carbocycles. The molecule has 2 heterocycles. The lowest BCUT2D eigenvalue weighted by atomic mass is 10.00. The number of hydrogen-bond donors (Lipinski definition) is 0. The van der Waals surface area contributed by atoms with Crippen LogP contribution >= 0.6 is 11.6 Å². The summed E-state index contributed by atoms with van der Waals surface area (Å²) in [5.41, 5.74) is 1.19. The minimum absolute atomic E-state index is 0.118. The van der Waals surface area contributed by atoms with Crippen LogP contribution in [0.2, 0.25) is 5.15 Å². The Morgan fingerprint density at radius 3 is 2.50 bits per heavy atom. The van der Waals surface area contributed by atoms with Crippen LogP contribution in [-0.4, -0.2) is 39.3 Å². The number of aromatic nitrogens is 2. The number of imidazole rings is 1. The molecule has 1 atom stereocenters. The smallest absolute Gasteiger partial charge is 0.410 e. The fourth-order valence-corrected chi connectivity index (χ4v) is 4.46. The summed E-state index contributed by atoms with van der Waals surface area (Å²) >= 11 is 6.59. The number of fused-ring (bicyclic) bond motifs is 1. The van der Waals surface area contributed by atoms with E-state index in [-0.39, 0.29) is 17.9 Å². The van der Waals surface area contributed by atoms with E-state index in [1.165, 1.54) is 12.1 Å². The van der Waals surface area contributed by atoms with E-state index in [1.54, 1.807) is 17.0 Å². The molecular formula is C23H28ClF2N3O3. The average molecular weight is 468 g/mol. The molecular weight excluding hydrogens is 440 g/mol. The number of alkyl halides is 2. The van der Waals surface area contributed by atoms with Crippen molar-refractivity contribution in [3.8, 4) is 5.75 Å². The molecule has 6 nitrogen and oxygen atoms in total. The highest BCUT2D eigenvalue weighted by molar-refractivity contribution is 6.30. The van der Waals surface area contributed by atoms with Crippen LogP contribution in [0.5, 0.6) is 5.75 Å². The zero-order chi connectivity index (χ0) is 23.0. The maximum atomic E-state index is 13.0. The van der Waals surface area contributed by atoms with Gasteiger partial charge in [0.15, 0.2) is 5.15 Å². The standard InChI is InChI=1S/C23H28ClF2N3O3/c1-23(2,3)32-22(30)28-12-13-29-18(19(24)27-20(29)15-7-8-15)17(28)11-6-14-4-9-16(10-5-14)31-21(25)26/h4-5,9-10,15,17,21H,6-8,11-13H2,1-3H3. The highest BCUT2D eigenvalue weighted by Crippen LogP contribution is 2.44. The van der Waals surface area contributed by atoms with Crippen LogP contribution in [0.25, 0.3) is 0 Å². The van der Waals surface area contributed by atoms with Crippen LogP contribution in [0.15, 0.2) is 24.3 Å². The summed E-state index contributed by atoms with van der Waals surface area (Å²) in [6.45, 7) is 3.82. The molecule has 1 unspecified atom stereocenters. The first-order valence-electron chi connectivity index (χ1n) is 10.9. The third kappa shape index (κ3) is 5.17. The van der Waals surface area contributed by atoms with Gasteiger partial charge in [-0.25, -0.2) is 9.78 Å². The molecule has 0 spiro atoms. The lowest BCUT2D eigenvalue weighted by Gasteiger charge is -2.38. The number of aryl methyl sites for hydroxylation is 1. The number of carbonyl (C=O) groups is 1. The zero-order valence-electron chi connectivity index (χ0n) is 18.5. The fraction of sp³-hybridized carbons (Fsp3) is 0.565. The summed E-state index contributed by atoms with van der Waals surface area (Å²) in [7, 11) is 0. The summed E-state index contributed by atoms with van der Waals surface area (Å²) in [6.07, 6.45) is 3.07. The van der Waals surface area contributed by atoms with Gasteiger partial charge in [0.05, 0.1) is 11.7 Å². The maximum Gasteiger partial charge on any atom is 0.410 e. The zero-order valence-corrected chi connectivity index (χ0v) is 19.2. The molecule has 0 bridgehead atoms. The van der Waals surface area contributed by atoms with Crippen molar-refractivity contribution in [2.24, 2.45) is 0 Å². The van der Waals surface area contributed by atoms with Crippen LogP contribution in [0, 0.1) is 0 Å². The monoisotopic (exact) mass is 467 g/mol. The van der Waals surface area contributed by atoms with Gasteiger partial charge in [-0.05, 0) is 64.2 Å². The number of nitrogens with zero attached hydrogens (tertiary/aromatic N) is 3. The number of amides is 1. The second kappa shape index (κ2) is 8.89. The van der Waals surface area contributed by atoms with E-state index in [0.717, 1.165) is 29.9 Å². The van der Waals surface area contributed by atoms with E-state index in [9.17, 15) is 13.6 Å². The van der Waals surface area contributed by atoms with E-state index in [4.69, 9.17) is 16.3 Å². The van der Waals surface area contributed by atoms with Crippen LogP contribution < -0.4 is 4.74 Å². The van der Waals surface area contributed by atoms with Crippen molar-refractivity contribution in [1.29, 1.82) is 0 Å². The van der Waals surface area contributed by atoms with E-state index in [0.29, 0.717) is 37.0 Å². The molecule has 1 aliphatic heterocycles. The molecule has 9 heteroatoms. The number of halogens is 3. The Balaban J connectivity index is 1.57. The first-order valence-corrected chi connectivity index (χ1v) is 11.3. The van der Waals surface area contributed by atoms with E-state index >= 15 is 0 Å². The lowest BCUT2D eigenvalue weighted by Crippen LogP contribution is -2.45. The Hall–Kier alpha value is -2.35. The van der Waals surface area contributed by atoms with Gasteiger partial charge >= 0.3 is 12.7 Å². The largest absolute Gasteiger partial charge is 0.444 e. The van der Waals surface area contributed by atoms with Crippen molar-refractivity contribution < 1.29 is 23.0 Å². The van der Waals surface area contributed by atoms with Crippen molar-refractivity contribution in [2.45, 2.75) is 77.2 Å². The maximum absolute atomic E-state index is 13.0. The quantitative estimate of drug-likeness (QED) is 0.527. The summed E-state index contributed by atoms with van der Waals surface area (Å²) in [6, 6.07) is 6.27. The Morgan fingerprint density at radius 1 is 1.22 bits per heavy atom. The Bertz CT molecular complexity index is 968. The lowest BCUT2D eigenvalue weighted by molar-refractivity contribution is -0.0498. The fourth-order valence-electron chi connectivity index (χ4n) is 4.14. The first-order chi connectivity index (χ1) is 15.1. The molecule has 4 rings (SSSR count). The van der Waals surface area contributed by atoms with Gasteiger partial charge in [-0.3, -0.25) is 4.90 Å². The van der Waals surface area contributed by atoms with E-state index in [2.05, 4.69) is 14.3 Å². The summed E-state index contributed by atoms with van der Waals surface area (Å²) in [5, 5.41) is 0.436. The molecule has 174 valence electrons. The molecule has 0 radical (unpaired) electrons. The van der Waals surface area contributed by atoms with Crippen LogP contribution in [-0.2, 0) is 17.7 Å². The molecule has 1 saturated carbocycles. The predicted octanol–water partition coefficient (Wildman–Crippen LogP) is 5.94. The summed E-state index contributed by atoms with van der Waals surface area (Å²) < 4.78 is 37.0. The van der Waals surface area contributed by atoms with Crippen LogP contribution in [0.4, 0.5) is 13.6 Å². The number of carbonyl (C=O) groups excluding carboxylic acids is 1. The SMILES string of the molecule is CC(C)(C)OC(=O)N1CCn2c(C3CC3)nc(Cl)c2C1CCc1ccc(OC(F)F)cc1. The van der Waals surface area contributed by atoms with Gasteiger partial charge in [-0.2, -0.15) is 8.78 Å². The average Bonchev–Trinajstić information content (AvgIpc) is 3.49. The molecule has 1 amide bonds. The van der Waals surface area contributed by atoms with Gasteiger partial charge in [0.25, 0.3) is 0 Å². The van der Waals surface area contributed by atoms with E-state index < -0.39 is 12.2 Å². The third-order valence-electron chi connectivity index (χ3n) is 5.67. The summed E-state index contributed by atoms with van der Waals surface area (Å²) in [5.74, 6) is 1.57. The van der Waals surface area contributed by atoms with Gasteiger partial charge < -0.3 is 14.0 Å². The molecule has 2 aliphatic rings. The van der Waals surface area contributed by atoms with Crippen molar-refractivity contribution >= 4 is 17.7 Å². The first kappa shape index (κ1) is 22.8. The highest BCUT2D eigenvalue weighted by atomic mass is 35.5. The molecule has 1 fully saturated rings. The predicted molar refractivity (Wildman–Crippen MR) is 116 cm³/mol. The number of benzene rings is 1. The molecule has 0 saturated heterocycles. The Morgan fingerprint density at radius 2 is 1.91 bits per heavy atom. The second-order valence-electron chi connectivity index (χ2n) is 9.32. The normalized spacial score (nSPS) is 18.6. The van der Waals surface area contributed by atoms with Crippen LogP contribution in [0.1, 0.15) is 69.1 Å². The van der Waals surface area contributed by atoms with Crippen molar-refractivity contribution in [1.82, 2.24) is 14.5 Å². The van der Waals surface area contributed by atoms with Gasteiger partial charge in [0.1, 0.15) is 17.2 Å². The van der Waals surface area contributed by atoms with Crippen molar-refractivity contribution in [3.63, 3.8) is 0 Å². The van der Waals surface area contributed by atoms with Gasteiger partial charge in [0.2, 0.25) is 0 Å². The highest BCUT2D eigenvalue weighted by Gasteiger charge is 2.40. The Kier molecular flexibility index (Phi) is 6.34. The van der Waals surface area contributed by atoms with Crippen molar-refractivity contribution in [2.75, 3.05) is 6.54 Å². The molecule has 0 N–H and O–H groups in total. The Labute approximate surface area is 191 Å². The molecule has 32 heavy (non-hydrogen) atoms. The van der Waals surface area contributed by atoms with Crippen LogP contribution in [0.3, 0.4) is 0 Å². The number of ether oxygens (including phenoxy) is 2. The third-order valence-corrected chi connectivity index (χ3v) is 5.95. The molecule has 1 aromatic carbocycles. The molecule has 1 aromatic heterocycles. The minimum atomic E-state index is -2.85. The minimum Gasteiger partial charge on any atom is -0.444 e.